The van der Waals surface area contributed by atoms with Crippen LogP contribution in [0.5, 0.6) is 11.5 Å². The summed E-state index contributed by atoms with van der Waals surface area (Å²) in [5, 5.41) is 9.69. The van der Waals surface area contributed by atoms with Crippen LogP contribution >= 0.6 is 0 Å². The Bertz CT molecular complexity index is 895. The van der Waals surface area contributed by atoms with Crippen LogP contribution in [0.4, 0.5) is 0 Å². The van der Waals surface area contributed by atoms with Gasteiger partial charge in [0.25, 0.3) is 0 Å². The molecule has 4 rings (SSSR count). The SMILES string of the molecule is Cc1c(C)c2c(c(C)c1OCc1ccccc1)CCC(C)(CN1CCC[C@@H]1CO)O2. The average Bonchev–Trinajstić information content (AvgIpc) is 3.19. The number of hydrogen-bond donors (Lipinski definition) is 1. The summed E-state index contributed by atoms with van der Waals surface area (Å²) in [6.07, 6.45) is 4.23. The van der Waals surface area contributed by atoms with Gasteiger partial charge in [0.1, 0.15) is 23.7 Å². The van der Waals surface area contributed by atoms with Gasteiger partial charge in [0.2, 0.25) is 0 Å². The number of aliphatic hydroxyl groups excluding tert-OH is 1. The smallest absolute Gasteiger partial charge is 0.127 e. The molecule has 4 nitrogen and oxygen atoms in total. The number of fused-ring (bicyclic) bond motifs is 1. The molecule has 0 radical (unpaired) electrons. The summed E-state index contributed by atoms with van der Waals surface area (Å²) in [6.45, 7) is 11.4. The molecule has 30 heavy (non-hydrogen) atoms. The lowest BCUT2D eigenvalue weighted by Gasteiger charge is -2.41. The van der Waals surface area contributed by atoms with Gasteiger partial charge in [-0.1, -0.05) is 30.3 Å². The molecule has 2 heterocycles. The molecule has 4 heteroatoms. The summed E-state index contributed by atoms with van der Waals surface area (Å²) in [5.74, 6) is 2.05. The van der Waals surface area contributed by atoms with Crippen LogP contribution in [0.3, 0.4) is 0 Å². The van der Waals surface area contributed by atoms with E-state index in [4.69, 9.17) is 9.47 Å². The topological polar surface area (TPSA) is 41.9 Å². The van der Waals surface area contributed by atoms with Crippen molar-refractivity contribution in [2.24, 2.45) is 0 Å². The van der Waals surface area contributed by atoms with Crippen LogP contribution in [0, 0.1) is 20.8 Å². The van der Waals surface area contributed by atoms with Gasteiger partial charge in [0, 0.05) is 18.2 Å². The zero-order chi connectivity index (χ0) is 21.3. The highest BCUT2D eigenvalue weighted by Crippen LogP contribution is 2.44. The van der Waals surface area contributed by atoms with Crippen molar-refractivity contribution in [3.63, 3.8) is 0 Å². The number of rotatable bonds is 6. The molecule has 0 bridgehead atoms. The van der Waals surface area contributed by atoms with E-state index in [1.807, 2.05) is 18.2 Å². The van der Waals surface area contributed by atoms with Gasteiger partial charge in [-0.05, 0) is 82.2 Å². The first-order chi connectivity index (χ1) is 14.4. The minimum absolute atomic E-state index is 0.221. The molecule has 1 N–H and O–H groups in total. The lowest BCUT2D eigenvalue weighted by Crippen LogP contribution is -2.49. The van der Waals surface area contributed by atoms with E-state index in [2.05, 4.69) is 44.7 Å². The molecule has 2 atom stereocenters. The highest BCUT2D eigenvalue weighted by molar-refractivity contribution is 5.59. The van der Waals surface area contributed by atoms with Crippen molar-refractivity contribution >= 4 is 0 Å². The van der Waals surface area contributed by atoms with Gasteiger partial charge in [-0.2, -0.15) is 0 Å². The minimum atomic E-state index is -0.221. The first-order valence-corrected chi connectivity index (χ1v) is 11.2. The lowest BCUT2D eigenvalue weighted by molar-refractivity contribution is 0.0131. The van der Waals surface area contributed by atoms with Crippen molar-refractivity contribution in [3.05, 3.63) is 58.1 Å². The Morgan fingerprint density at radius 1 is 1.13 bits per heavy atom. The van der Waals surface area contributed by atoms with E-state index < -0.39 is 0 Å². The third-order valence-corrected chi connectivity index (χ3v) is 7.04. The molecule has 2 aliphatic heterocycles. The van der Waals surface area contributed by atoms with Crippen LogP contribution < -0.4 is 9.47 Å². The second-order valence-electron chi connectivity index (χ2n) is 9.29. The fourth-order valence-electron chi connectivity index (χ4n) is 5.08. The van der Waals surface area contributed by atoms with Crippen molar-refractivity contribution in [1.29, 1.82) is 0 Å². The second kappa shape index (κ2) is 8.60. The first kappa shape index (κ1) is 21.2. The van der Waals surface area contributed by atoms with Gasteiger partial charge in [0.05, 0.1) is 6.61 Å². The van der Waals surface area contributed by atoms with Gasteiger partial charge in [-0.3, -0.25) is 4.90 Å². The Hall–Kier alpha value is -2.04. The van der Waals surface area contributed by atoms with Gasteiger partial charge >= 0.3 is 0 Å². The van der Waals surface area contributed by atoms with Gasteiger partial charge in [0.15, 0.2) is 0 Å². The summed E-state index contributed by atoms with van der Waals surface area (Å²) < 4.78 is 13.0. The molecule has 0 spiro atoms. The van der Waals surface area contributed by atoms with Gasteiger partial charge < -0.3 is 14.6 Å². The number of likely N-dealkylation sites (tertiary alicyclic amines) is 1. The Kier molecular flexibility index (Phi) is 6.08. The minimum Gasteiger partial charge on any atom is -0.488 e. The molecular weight excluding hydrogens is 374 g/mol. The van der Waals surface area contributed by atoms with E-state index in [1.165, 1.54) is 27.8 Å². The first-order valence-electron chi connectivity index (χ1n) is 11.2. The zero-order valence-electron chi connectivity index (χ0n) is 18.8. The molecule has 1 unspecified atom stereocenters. The highest BCUT2D eigenvalue weighted by atomic mass is 16.5. The summed E-state index contributed by atoms with van der Waals surface area (Å²) in [4.78, 5) is 2.41. The molecular formula is C26H35NO3. The third-order valence-electron chi connectivity index (χ3n) is 7.04. The van der Waals surface area contributed by atoms with Crippen LogP contribution in [0.25, 0.3) is 0 Å². The quantitative estimate of drug-likeness (QED) is 0.749. The molecule has 2 aromatic carbocycles. The fraction of sp³-hybridized carbons (Fsp3) is 0.538. The van der Waals surface area contributed by atoms with Crippen LogP contribution in [-0.2, 0) is 13.0 Å². The molecule has 0 aliphatic carbocycles. The van der Waals surface area contributed by atoms with E-state index in [1.54, 1.807) is 0 Å². The summed E-state index contributed by atoms with van der Waals surface area (Å²) in [7, 11) is 0. The maximum absolute atomic E-state index is 9.69. The van der Waals surface area contributed by atoms with Crippen molar-refractivity contribution in [3.8, 4) is 11.5 Å². The number of aliphatic hydroxyl groups is 1. The lowest BCUT2D eigenvalue weighted by atomic mass is 9.86. The summed E-state index contributed by atoms with van der Waals surface area (Å²) in [6, 6.07) is 10.6. The second-order valence-corrected chi connectivity index (χ2v) is 9.29. The standard InChI is InChI=1S/C26H35NO3/c1-18-19(2)25-23(20(3)24(18)29-16-21-9-6-5-7-10-21)12-13-26(4,30-25)17-27-14-8-11-22(27)15-28/h5-7,9-10,22,28H,8,11-17H2,1-4H3/t22-,26?/m1/s1. The van der Waals surface area contributed by atoms with Crippen LogP contribution in [0.15, 0.2) is 30.3 Å². The average molecular weight is 410 g/mol. The van der Waals surface area contributed by atoms with Crippen LogP contribution in [0.2, 0.25) is 0 Å². The maximum atomic E-state index is 9.69. The highest BCUT2D eigenvalue weighted by Gasteiger charge is 2.38. The number of hydrogen-bond acceptors (Lipinski definition) is 4. The Balaban J connectivity index is 1.56. The monoisotopic (exact) mass is 409 g/mol. The maximum Gasteiger partial charge on any atom is 0.127 e. The number of ether oxygens (including phenoxy) is 2. The molecule has 0 amide bonds. The predicted octanol–water partition coefficient (Wildman–Crippen LogP) is 4.73. The molecule has 0 aromatic heterocycles. The summed E-state index contributed by atoms with van der Waals surface area (Å²) >= 11 is 0. The van der Waals surface area contributed by atoms with E-state index >= 15 is 0 Å². The van der Waals surface area contributed by atoms with Crippen molar-refractivity contribution in [1.82, 2.24) is 4.90 Å². The van der Waals surface area contributed by atoms with Crippen LogP contribution in [-0.4, -0.2) is 41.3 Å². The fourth-order valence-corrected chi connectivity index (χ4v) is 5.08. The largest absolute Gasteiger partial charge is 0.488 e. The third kappa shape index (κ3) is 4.08. The Morgan fingerprint density at radius 2 is 1.90 bits per heavy atom. The number of benzene rings is 2. The van der Waals surface area contributed by atoms with Crippen LogP contribution in [0.1, 0.15) is 54.0 Å². The Labute approximate surface area is 180 Å². The molecule has 1 saturated heterocycles. The molecule has 162 valence electrons. The number of nitrogens with zero attached hydrogens (tertiary/aromatic N) is 1. The molecule has 2 aromatic rings. The Morgan fingerprint density at radius 3 is 2.63 bits per heavy atom. The zero-order valence-corrected chi connectivity index (χ0v) is 18.8. The van der Waals surface area contributed by atoms with Gasteiger partial charge in [-0.15, -0.1) is 0 Å². The predicted molar refractivity (Wildman–Crippen MR) is 120 cm³/mol. The van der Waals surface area contributed by atoms with E-state index in [0.29, 0.717) is 6.61 Å². The van der Waals surface area contributed by atoms with Crippen molar-refractivity contribution in [2.75, 3.05) is 19.7 Å². The van der Waals surface area contributed by atoms with E-state index in [9.17, 15) is 5.11 Å². The normalized spacial score (nSPS) is 23.8. The molecule has 1 fully saturated rings. The molecule has 0 saturated carbocycles. The van der Waals surface area contributed by atoms with Crippen molar-refractivity contribution in [2.45, 2.75) is 71.6 Å². The van der Waals surface area contributed by atoms with E-state index in [0.717, 1.165) is 50.3 Å². The van der Waals surface area contributed by atoms with Crippen molar-refractivity contribution < 1.29 is 14.6 Å². The van der Waals surface area contributed by atoms with Gasteiger partial charge in [-0.25, -0.2) is 0 Å². The van der Waals surface area contributed by atoms with E-state index in [-0.39, 0.29) is 18.2 Å². The molecule has 2 aliphatic rings. The summed E-state index contributed by atoms with van der Waals surface area (Å²) in [5.41, 5.74) is 5.81.